The number of thiazole rings is 1. The van der Waals surface area contributed by atoms with Crippen molar-refractivity contribution in [2.24, 2.45) is 0 Å². The quantitative estimate of drug-likeness (QED) is 0.808. The number of rotatable bonds is 4. The van der Waals surface area contributed by atoms with E-state index >= 15 is 0 Å². The second-order valence-electron chi connectivity index (χ2n) is 4.18. The molecule has 3 nitrogen and oxygen atoms in total. The molecule has 1 saturated heterocycles. The zero-order valence-electron chi connectivity index (χ0n) is 10.1. The second-order valence-corrected chi connectivity index (χ2v) is 5.33. The number of hydrogen-bond acceptors (Lipinski definition) is 4. The molecular weight excluding hydrogens is 220 g/mol. The highest BCUT2D eigenvalue weighted by Crippen LogP contribution is 2.26. The second kappa shape index (κ2) is 5.75. The van der Waals surface area contributed by atoms with E-state index in [1.165, 1.54) is 17.8 Å². The normalized spacial score (nSPS) is 22.5. The molecule has 0 bridgehead atoms. The molecule has 0 aromatic carbocycles. The lowest BCUT2D eigenvalue weighted by Crippen LogP contribution is -2.38. The third-order valence-electron chi connectivity index (χ3n) is 2.89. The highest BCUT2D eigenvalue weighted by atomic mass is 32.1. The molecule has 1 aromatic heterocycles. The van der Waals surface area contributed by atoms with Crippen LogP contribution in [0, 0.1) is 0 Å². The van der Waals surface area contributed by atoms with Crippen molar-refractivity contribution in [3.63, 3.8) is 0 Å². The number of nitrogens with zero attached hydrogens (tertiary/aromatic N) is 2. The number of aryl methyl sites for hydroxylation is 1. The monoisotopic (exact) mass is 240 g/mol. The first-order chi connectivity index (χ1) is 7.83. The summed E-state index contributed by atoms with van der Waals surface area (Å²) in [6.07, 6.45) is 4.47. The van der Waals surface area contributed by atoms with Crippen LogP contribution < -0.4 is 0 Å². The Bertz CT molecular complexity index is 325. The van der Waals surface area contributed by atoms with Crippen LogP contribution in [-0.2, 0) is 11.2 Å². The zero-order valence-corrected chi connectivity index (χ0v) is 10.9. The van der Waals surface area contributed by atoms with Gasteiger partial charge >= 0.3 is 0 Å². The molecule has 16 heavy (non-hydrogen) atoms. The third kappa shape index (κ3) is 2.81. The van der Waals surface area contributed by atoms with Gasteiger partial charge in [0, 0.05) is 24.2 Å². The van der Waals surface area contributed by atoms with Crippen LogP contribution in [0.5, 0.6) is 0 Å². The summed E-state index contributed by atoms with van der Waals surface area (Å²) in [5.41, 5.74) is 0. The van der Waals surface area contributed by atoms with Gasteiger partial charge in [0.2, 0.25) is 0 Å². The van der Waals surface area contributed by atoms with Crippen LogP contribution in [0.15, 0.2) is 6.20 Å². The van der Waals surface area contributed by atoms with E-state index in [0.29, 0.717) is 0 Å². The number of ether oxygens (including phenoxy) is 1. The molecule has 2 rings (SSSR count). The molecule has 90 valence electrons. The van der Waals surface area contributed by atoms with Gasteiger partial charge in [-0.15, -0.1) is 11.3 Å². The van der Waals surface area contributed by atoms with Crippen molar-refractivity contribution in [3.8, 4) is 0 Å². The standard InChI is InChI=1S/C12H20N2OS/c1-3-5-14-6-7-15-11(9-14)12-13-8-10(4-2)16-12/h8,11H,3-7,9H2,1-2H3. The van der Waals surface area contributed by atoms with Crippen molar-refractivity contribution in [2.75, 3.05) is 26.2 Å². The van der Waals surface area contributed by atoms with Crippen LogP contribution in [0.2, 0.25) is 0 Å². The Morgan fingerprint density at radius 3 is 3.12 bits per heavy atom. The largest absolute Gasteiger partial charge is 0.368 e. The Morgan fingerprint density at radius 2 is 2.44 bits per heavy atom. The van der Waals surface area contributed by atoms with Crippen molar-refractivity contribution >= 4 is 11.3 Å². The van der Waals surface area contributed by atoms with Crippen LogP contribution >= 0.6 is 11.3 Å². The van der Waals surface area contributed by atoms with Crippen molar-refractivity contribution in [3.05, 3.63) is 16.1 Å². The maximum atomic E-state index is 5.80. The molecule has 1 atom stereocenters. The Hall–Kier alpha value is -0.450. The molecule has 4 heteroatoms. The summed E-state index contributed by atoms with van der Waals surface area (Å²) in [5.74, 6) is 0. The summed E-state index contributed by atoms with van der Waals surface area (Å²) >= 11 is 1.80. The Morgan fingerprint density at radius 1 is 1.56 bits per heavy atom. The molecule has 1 fully saturated rings. The number of hydrogen-bond donors (Lipinski definition) is 0. The average molecular weight is 240 g/mol. The van der Waals surface area contributed by atoms with Gasteiger partial charge in [-0.05, 0) is 19.4 Å². The molecule has 2 heterocycles. The van der Waals surface area contributed by atoms with Crippen LogP contribution in [0.3, 0.4) is 0 Å². The van der Waals surface area contributed by atoms with Crippen molar-refractivity contribution in [1.82, 2.24) is 9.88 Å². The molecule has 0 radical (unpaired) electrons. The van der Waals surface area contributed by atoms with E-state index in [-0.39, 0.29) is 6.10 Å². The minimum absolute atomic E-state index is 0.200. The maximum absolute atomic E-state index is 5.80. The number of morpholine rings is 1. The Balaban J connectivity index is 1.98. The van der Waals surface area contributed by atoms with E-state index in [0.717, 1.165) is 31.1 Å². The highest BCUT2D eigenvalue weighted by Gasteiger charge is 2.23. The minimum atomic E-state index is 0.200. The molecule has 1 unspecified atom stereocenters. The summed E-state index contributed by atoms with van der Waals surface area (Å²) in [5, 5.41) is 1.15. The molecular formula is C12H20N2OS. The van der Waals surface area contributed by atoms with Gasteiger partial charge in [0.1, 0.15) is 11.1 Å². The van der Waals surface area contributed by atoms with Crippen molar-refractivity contribution in [2.45, 2.75) is 32.8 Å². The van der Waals surface area contributed by atoms with Gasteiger partial charge in [-0.25, -0.2) is 4.98 Å². The predicted octanol–water partition coefficient (Wildman–Crippen LogP) is 2.49. The lowest BCUT2D eigenvalue weighted by atomic mass is 10.2. The smallest absolute Gasteiger partial charge is 0.123 e. The van der Waals surface area contributed by atoms with E-state index < -0.39 is 0 Å². The summed E-state index contributed by atoms with van der Waals surface area (Å²) in [6.45, 7) is 8.48. The van der Waals surface area contributed by atoms with E-state index in [4.69, 9.17) is 4.74 Å². The van der Waals surface area contributed by atoms with Crippen LogP contribution in [0.25, 0.3) is 0 Å². The lowest BCUT2D eigenvalue weighted by Gasteiger charge is -2.31. The lowest BCUT2D eigenvalue weighted by molar-refractivity contribution is -0.0299. The average Bonchev–Trinajstić information content (AvgIpc) is 2.78. The van der Waals surface area contributed by atoms with Gasteiger partial charge in [0.05, 0.1) is 6.61 Å². The van der Waals surface area contributed by atoms with Gasteiger partial charge in [0.15, 0.2) is 0 Å². The van der Waals surface area contributed by atoms with Gasteiger partial charge in [0.25, 0.3) is 0 Å². The van der Waals surface area contributed by atoms with Crippen LogP contribution in [-0.4, -0.2) is 36.1 Å². The fraction of sp³-hybridized carbons (Fsp3) is 0.750. The molecule has 0 N–H and O–H groups in total. The van der Waals surface area contributed by atoms with Gasteiger partial charge in [-0.2, -0.15) is 0 Å². The topological polar surface area (TPSA) is 25.4 Å². The predicted molar refractivity (Wildman–Crippen MR) is 66.9 cm³/mol. The fourth-order valence-electron chi connectivity index (χ4n) is 2.01. The highest BCUT2D eigenvalue weighted by molar-refractivity contribution is 7.11. The van der Waals surface area contributed by atoms with E-state index in [1.54, 1.807) is 11.3 Å². The Kier molecular flexibility index (Phi) is 4.32. The summed E-state index contributed by atoms with van der Waals surface area (Å²) in [6, 6.07) is 0. The van der Waals surface area contributed by atoms with Gasteiger partial charge in [-0.1, -0.05) is 13.8 Å². The molecule has 1 aromatic rings. The zero-order chi connectivity index (χ0) is 11.4. The molecule has 1 aliphatic rings. The van der Waals surface area contributed by atoms with Gasteiger partial charge < -0.3 is 4.74 Å². The molecule has 0 spiro atoms. The summed E-state index contributed by atoms with van der Waals surface area (Å²) < 4.78 is 5.80. The van der Waals surface area contributed by atoms with E-state index in [2.05, 4.69) is 23.7 Å². The fourth-order valence-corrected chi connectivity index (χ4v) is 2.90. The maximum Gasteiger partial charge on any atom is 0.123 e. The third-order valence-corrected chi connectivity index (χ3v) is 4.12. The van der Waals surface area contributed by atoms with E-state index in [1.807, 2.05) is 6.20 Å². The van der Waals surface area contributed by atoms with Crippen molar-refractivity contribution in [1.29, 1.82) is 0 Å². The van der Waals surface area contributed by atoms with Crippen molar-refractivity contribution < 1.29 is 4.74 Å². The van der Waals surface area contributed by atoms with E-state index in [9.17, 15) is 0 Å². The molecule has 0 aliphatic carbocycles. The van der Waals surface area contributed by atoms with Crippen LogP contribution in [0.1, 0.15) is 36.3 Å². The molecule has 0 amide bonds. The first kappa shape index (κ1) is 12.0. The minimum Gasteiger partial charge on any atom is -0.368 e. The summed E-state index contributed by atoms with van der Waals surface area (Å²) in [7, 11) is 0. The number of aromatic nitrogens is 1. The molecule has 0 saturated carbocycles. The molecule has 1 aliphatic heterocycles. The summed E-state index contributed by atoms with van der Waals surface area (Å²) in [4.78, 5) is 8.30. The first-order valence-electron chi connectivity index (χ1n) is 6.12. The first-order valence-corrected chi connectivity index (χ1v) is 6.93. The van der Waals surface area contributed by atoms with Gasteiger partial charge in [-0.3, -0.25) is 4.90 Å². The Labute approximate surface area is 101 Å². The SMILES string of the molecule is CCCN1CCOC(c2ncc(CC)s2)C1. The van der Waals surface area contributed by atoms with Crippen LogP contribution in [0.4, 0.5) is 0 Å².